The molecule has 0 saturated heterocycles. The minimum Gasteiger partial charge on any atom is -1.00 e. The average molecular weight is 318 g/mol. The van der Waals surface area contributed by atoms with Crippen LogP contribution in [-0.2, 0) is 9.47 Å². The molecule has 0 aromatic heterocycles. The van der Waals surface area contributed by atoms with Gasteiger partial charge in [-0.1, -0.05) is 0 Å². The van der Waals surface area contributed by atoms with Crippen LogP contribution in [0.2, 0.25) is 0 Å². The minimum atomic E-state index is -1.92. The summed E-state index contributed by atoms with van der Waals surface area (Å²) in [5.41, 5.74) is 0. The number of rotatable bonds is 0. The van der Waals surface area contributed by atoms with Gasteiger partial charge in [-0.2, -0.15) is 0 Å². The molecule has 7 nitrogen and oxygen atoms in total. The third kappa shape index (κ3) is 24.5. The van der Waals surface area contributed by atoms with E-state index in [1.807, 2.05) is 0 Å². The molecule has 0 bridgehead atoms. The first-order valence-electron chi connectivity index (χ1n) is 1.88. The van der Waals surface area contributed by atoms with E-state index in [2.05, 4.69) is 9.47 Å². The number of carbonyl (C=O) groups is 3. The molecular formula is C3H10Ca4O7. The predicted octanol–water partition coefficient (Wildman–Crippen LogP) is -0.128. The summed E-state index contributed by atoms with van der Waals surface area (Å²) in [6, 6.07) is 0. The molecule has 0 aliphatic rings. The Morgan fingerprint density at radius 3 is 1.14 bits per heavy atom. The van der Waals surface area contributed by atoms with Crippen LogP contribution in [0.25, 0.3) is 0 Å². The fraction of sp³-hybridized carbons (Fsp3) is 0. The number of hydrogen-bond acceptors (Lipinski definition) is 5. The number of ether oxygens (including phenoxy) is 2. The SMILES string of the molecule is O=C(O)OC(=O)OC(=O)O.[Ca+2].[Ca+2].[Ca+2].[Ca+2].[H-].[H-].[H-].[H-].[H-].[H-].[H-].[H-]. The largest absolute Gasteiger partial charge is 2.00 e. The maximum Gasteiger partial charge on any atom is 2.00 e. The molecule has 0 unspecified atom stereocenters. The van der Waals surface area contributed by atoms with Gasteiger partial charge >= 0.3 is 169 Å². The molecule has 0 heterocycles. The summed E-state index contributed by atoms with van der Waals surface area (Å²) in [5, 5.41) is 15.4. The van der Waals surface area contributed by atoms with Crippen molar-refractivity contribution in [2.75, 3.05) is 0 Å². The molecule has 0 fully saturated rings. The Kier molecular flexibility index (Phi) is 40.3. The third-order valence-corrected chi connectivity index (χ3v) is 0.341. The summed E-state index contributed by atoms with van der Waals surface area (Å²) >= 11 is 0. The van der Waals surface area contributed by atoms with Gasteiger partial charge in [0.1, 0.15) is 0 Å². The zero-order valence-corrected chi connectivity index (χ0v) is 16.1. The van der Waals surface area contributed by atoms with Crippen molar-refractivity contribution in [1.29, 1.82) is 0 Å². The molecule has 0 atom stereocenters. The molecule has 2 N–H and O–H groups in total. The summed E-state index contributed by atoms with van der Waals surface area (Å²) < 4.78 is 6.47. The first-order chi connectivity index (χ1) is 4.52. The maximum atomic E-state index is 9.86. The Balaban J connectivity index is -0.00000000614. The Hall–Kier alpha value is 3.25. The molecule has 0 aliphatic carbocycles. The van der Waals surface area contributed by atoms with Crippen molar-refractivity contribution < 1.29 is 45.5 Å². The summed E-state index contributed by atoms with van der Waals surface area (Å²) in [4.78, 5) is 28.8. The van der Waals surface area contributed by atoms with E-state index in [0.717, 1.165) is 0 Å². The second-order valence-electron chi connectivity index (χ2n) is 0.986. The molecule has 0 spiro atoms. The quantitative estimate of drug-likeness (QED) is 0.364. The number of hydrogen-bond donors (Lipinski definition) is 2. The molecule has 0 amide bonds. The molecule has 14 heavy (non-hydrogen) atoms. The number of carbonyl (C=O) groups excluding carboxylic acids is 1. The van der Waals surface area contributed by atoms with E-state index in [4.69, 9.17) is 10.2 Å². The van der Waals surface area contributed by atoms with E-state index in [0.29, 0.717) is 0 Å². The van der Waals surface area contributed by atoms with E-state index in [1.54, 1.807) is 0 Å². The molecule has 0 saturated carbocycles. The molecule has 0 aromatic rings. The van der Waals surface area contributed by atoms with Gasteiger partial charge in [-0.25, -0.2) is 14.4 Å². The standard InChI is InChI=1S/C3H2O7.4Ca.8H/c4-1(5)9-3(8)10-2(6)7;;;;;;;;;;;;/h(H,4,5)(H,6,7);;;;;;;;;;;;/q;4*+2;8*-1. The van der Waals surface area contributed by atoms with Crippen molar-refractivity contribution >= 4 is 169 Å². The molecule has 0 aliphatic heterocycles. The first-order valence-corrected chi connectivity index (χ1v) is 1.88. The van der Waals surface area contributed by atoms with E-state index >= 15 is 0 Å². The minimum absolute atomic E-state index is 0. The summed E-state index contributed by atoms with van der Waals surface area (Å²) in [6.45, 7) is 0. The predicted molar refractivity (Wildman–Crippen MR) is 55.5 cm³/mol. The second kappa shape index (κ2) is 18.6. The fourth-order valence-corrected chi connectivity index (χ4v) is 0.163. The molecule has 11 heteroatoms. The normalized spacial score (nSPS) is 5.71. The van der Waals surface area contributed by atoms with Gasteiger partial charge in [0.25, 0.3) is 0 Å². The third-order valence-electron chi connectivity index (χ3n) is 0.341. The van der Waals surface area contributed by atoms with Crippen LogP contribution in [0.5, 0.6) is 0 Å². The summed E-state index contributed by atoms with van der Waals surface area (Å²) in [6.07, 6.45) is -5.64. The Labute approximate surface area is 210 Å². The van der Waals surface area contributed by atoms with Gasteiger partial charge < -0.3 is 31.1 Å². The van der Waals surface area contributed by atoms with Gasteiger partial charge in [0.05, 0.1) is 0 Å². The van der Waals surface area contributed by atoms with Crippen LogP contribution in [0.1, 0.15) is 11.4 Å². The Morgan fingerprint density at radius 2 is 1.00 bits per heavy atom. The van der Waals surface area contributed by atoms with Gasteiger partial charge in [0.2, 0.25) is 0 Å². The van der Waals surface area contributed by atoms with E-state index in [9.17, 15) is 14.4 Å². The van der Waals surface area contributed by atoms with Crippen LogP contribution in [0, 0.1) is 0 Å². The van der Waals surface area contributed by atoms with Crippen LogP contribution < -0.4 is 0 Å². The van der Waals surface area contributed by atoms with Crippen molar-refractivity contribution in [3.8, 4) is 0 Å². The van der Waals surface area contributed by atoms with Crippen molar-refractivity contribution in [2.24, 2.45) is 0 Å². The zero-order chi connectivity index (χ0) is 8.15. The fourth-order valence-electron chi connectivity index (χ4n) is 0.163. The summed E-state index contributed by atoms with van der Waals surface area (Å²) in [5.74, 6) is 0. The monoisotopic (exact) mass is 318 g/mol. The van der Waals surface area contributed by atoms with Gasteiger partial charge in [0.15, 0.2) is 0 Å². The molecule has 0 rings (SSSR count). The first kappa shape index (κ1) is 30.4. The van der Waals surface area contributed by atoms with Crippen molar-refractivity contribution in [3.05, 3.63) is 0 Å². The molecule has 72 valence electrons. The summed E-state index contributed by atoms with van der Waals surface area (Å²) in [7, 11) is 0. The zero-order valence-electron chi connectivity index (χ0n) is 15.3. The maximum absolute atomic E-state index is 9.86. The topological polar surface area (TPSA) is 110 Å². The van der Waals surface area contributed by atoms with Crippen LogP contribution in [0.15, 0.2) is 0 Å². The van der Waals surface area contributed by atoms with Gasteiger partial charge in [-0.05, 0) is 0 Å². The van der Waals surface area contributed by atoms with Gasteiger partial charge in [-0.3, -0.25) is 0 Å². The van der Waals surface area contributed by atoms with E-state index in [1.165, 1.54) is 0 Å². The van der Waals surface area contributed by atoms with Crippen molar-refractivity contribution in [3.63, 3.8) is 0 Å². The second-order valence-corrected chi connectivity index (χ2v) is 0.986. The van der Waals surface area contributed by atoms with Crippen molar-refractivity contribution in [1.82, 2.24) is 0 Å². The Bertz CT molecular complexity index is 185. The molecular weight excluding hydrogens is 308 g/mol. The van der Waals surface area contributed by atoms with Gasteiger partial charge in [-0.15, -0.1) is 0 Å². The Morgan fingerprint density at radius 1 is 0.786 bits per heavy atom. The average Bonchev–Trinajstić information content (AvgIpc) is 1.58. The number of carboxylic acid groups (broad SMARTS) is 2. The molecule has 0 radical (unpaired) electrons. The van der Waals surface area contributed by atoms with Crippen molar-refractivity contribution in [2.45, 2.75) is 0 Å². The van der Waals surface area contributed by atoms with E-state index < -0.39 is 18.5 Å². The van der Waals surface area contributed by atoms with Crippen LogP contribution in [0.3, 0.4) is 0 Å². The van der Waals surface area contributed by atoms with E-state index in [-0.39, 0.29) is 162 Å². The van der Waals surface area contributed by atoms with Crippen LogP contribution in [-0.4, -0.2) is 180 Å². The van der Waals surface area contributed by atoms with Gasteiger partial charge in [0, 0.05) is 0 Å². The molecule has 0 aromatic carbocycles. The van der Waals surface area contributed by atoms with Crippen LogP contribution in [0.4, 0.5) is 14.4 Å². The smallest absolute Gasteiger partial charge is 1.00 e. The van der Waals surface area contributed by atoms with Crippen LogP contribution >= 0.6 is 0 Å².